The van der Waals surface area contributed by atoms with E-state index in [0.717, 1.165) is 32.6 Å². The standard InChI is InChI=1S/C12H24F3NO2Si/c1-5-11-8-6-7-9-16(11)19(17-3,18-4)12(14,15)10(2)13/h10-11H,5-9H2,1-4H3. The lowest BCUT2D eigenvalue weighted by molar-refractivity contribution is -0.0658. The fourth-order valence-corrected chi connectivity index (χ4v) is 6.16. The Morgan fingerprint density at radius 2 is 1.89 bits per heavy atom. The summed E-state index contributed by atoms with van der Waals surface area (Å²) in [6.45, 7) is 3.30. The van der Waals surface area contributed by atoms with Gasteiger partial charge in [-0.3, -0.25) is 4.57 Å². The van der Waals surface area contributed by atoms with Crippen molar-refractivity contribution in [2.45, 2.75) is 57.3 Å². The minimum Gasteiger partial charge on any atom is -0.382 e. The maximum Gasteiger partial charge on any atom is 0.504 e. The van der Waals surface area contributed by atoms with Crippen molar-refractivity contribution in [2.24, 2.45) is 0 Å². The number of rotatable bonds is 6. The van der Waals surface area contributed by atoms with Crippen molar-refractivity contribution < 1.29 is 22.0 Å². The normalized spacial score (nSPS) is 24.5. The monoisotopic (exact) mass is 299 g/mol. The lowest BCUT2D eigenvalue weighted by Crippen LogP contribution is -2.74. The van der Waals surface area contributed by atoms with E-state index in [4.69, 9.17) is 8.85 Å². The first-order chi connectivity index (χ1) is 8.87. The van der Waals surface area contributed by atoms with Crippen molar-refractivity contribution >= 4 is 8.72 Å². The average Bonchev–Trinajstić information content (AvgIpc) is 2.41. The fourth-order valence-electron chi connectivity index (χ4n) is 2.85. The Kier molecular flexibility index (Phi) is 5.85. The van der Waals surface area contributed by atoms with Gasteiger partial charge < -0.3 is 8.85 Å². The molecule has 0 aliphatic carbocycles. The third-order valence-electron chi connectivity index (χ3n) is 3.95. The summed E-state index contributed by atoms with van der Waals surface area (Å²) < 4.78 is 54.0. The van der Waals surface area contributed by atoms with Gasteiger partial charge in [0.25, 0.3) is 0 Å². The quantitative estimate of drug-likeness (QED) is 0.704. The summed E-state index contributed by atoms with van der Waals surface area (Å²) in [5.74, 6) is 0. The van der Waals surface area contributed by atoms with Gasteiger partial charge in [0.05, 0.1) is 0 Å². The Bertz CT molecular complexity index is 288. The zero-order valence-electron chi connectivity index (χ0n) is 12.1. The highest BCUT2D eigenvalue weighted by molar-refractivity contribution is 6.67. The largest absolute Gasteiger partial charge is 0.504 e. The molecule has 0 aromatic rings. The van der Waals surface area contributed by atoms with Gasteiger partial charge in [-0.25, -0.2) is 4.39 Å². The predicted molar refractivity (Wildman–Crippen MR) is 69.9 cm³/mol. The SMILES string of the molecule is CCC1CCCCN1[Si](OC)(OC)C(F)(F)C(C)F. The van der Waals surface area contributed by atoms with Crippen LogP contribution in [0, 0.1) is 0 Å². The molecule has 1 heterocycles. The number of hydrogen-bond acceptors (Lipinski definition) is 3. The first-order valence-corrected chi connectivity index (χ1v) is 8.52. The van der Waals surface area contributed by atoms with E-state index >= 15 is 0 Å². The lowest BCUT2D eigenvalue weighted by atomic mass is 10.0. The molecular weight excluding hydrogens is 275 g/mol. The molecule has 2 unspecified atom stereocenters. The first-order valence-electron chi connectivity index (χ1n) is 6.76. The van der Waals surface area contributed by atoms with Gasteiger partial charge >= 0.3 is 14.3 Å². The highest BCUT2D eigenvalue weighted by atomic mass is 28.4. The van der Waals surface area contributed by atoms with Crippen LogP contribution in [-0.2, 0) is 8.85 Å². The van der Waals surface area contributed by atoms with E-state index in [0.29, 0.717) is 6.54 Å². The van der Waals surface area contributed by atoms with E-state index in [2.05, 4.69) is 0 Å². The van der Waals surface area contributed by atoms with Crippen LogP contribution < -0.4 is 0 Å². The van der Waals surface area contributed by atoms with E-state index in [1.165, 1.54) is 14.2 Å². The van der Waals surface area contributed by atoms with E-state index in [-0.39, 0.29) is 6.04 Å². The fraction of sp³-hybridized carbons (Fsp3) is 1.00. The minimum absolute atomic E-state index is 0.0232. The van der Waals surface area contributed by atoms with Crippen molar-refractivity contribution in [1.29, 1.82) is 0 Å². The molecule has 7 heteroatoms. The molecule has 3 nitrogen and oxygen atoms in total. The summed E-state index contributed by atoms with van der Waals surface area (Å²) in [6.07, 6.45) is 1.09. The van der Waals surface area contributed by atoms with E-state index in [1.807, 2.05) is 6.92 Å². The van der Waals surface area contributed by atoms with E-state index in [1.54, 1.807) is 4.57 Å². The van der Waals surface area contributed by atoms with Gasteiger partial charge in [-0.1, -0.05) is 13.3 Å². The molecule has 1 fully saturated rings. The predicted octanol–water partition coefficient (Wildman–Crippen LogP) is 3.02. The summed E-state index contributed by atoms with van der Waals surface area (Å²) in [7, 11) is -1.69. The van der Waals surface area contributed by atoms with Gasteiger partial charge in [0, 0.05) is 20.3 Å². The molecule has 1 rings (SSSR count). The molecule has 0 radical (unpaired) electrons. The van der Waals surface area contributed by atoms with Crippen LogP contribution in [0.15, 0.2) is 0 Å². The zero-order chi connectivity index (χ0) is 14.7. The van der Waals surface area contributed by atoms with Crippen molar-refractivity contribution in [1.82, 2.24) is 4.57 Å². The van der Waals surface area contributed by atoms with Crippen LogP contribution in [0.2, 0.25) is 0 Å². The van der Waals surface area contributed by atoms with Crippen LogP contribution in [0.4, 0.5) is 13.2 Å². The smallest absolute Gasteiger partial charge is 0.382 e. The highest BCUT2D eigenvalue weighted by Crippen LogP contribution is 2.39. The van der Waals surface area contributed by atoms with Crippen molar-refractivity contribution in [3.05, 3.63) is 0 Å². The zero-order valence-corrected chi connectivity index (χ0v) is 13.1. The Balaban J connectivity index is 3.16. The Morgan fingerprint density at radius 3 is 2.32 bits per heavy atom. The van der Waals surface area contributed by atoms with Crippen LogP contribution >= 0.6 is 0 Å². The third-order valence-corrected chi connectivity index (χ3v) is 7.64. The average molecular weight is 299 g/mol. The summed E-state index contributed by atoms with van der Waals surface area (Å²) in [6, 6.07) is -0.0232. The topological polar surface area (TPSA) is 21.7 Å². The number of hydrogen-bond donors (Lipinski definition) is 0. The Morgan fingerprint density at radius 1 is 1.32 bits per heavy atom. The van der Waals surface area contributed by atoms with Crippen LogP contribution in [0.3, 0.4) is 0 Å². The molecule has 1 saturated heterocycles. The lowest BCUT2D eigenvalue weighted by Gasteiger charge is -2.47. The summed E-state index contributed by atoms with van der Waals surface area (Å²) in [4.78, 5) is 0. The molecular formula is C12H24F3NO2Si. The molecule has 1 aliphatic rings. The number of alkyl halides is 3. The van der Waals surface area contributed by atoms with Crippen LogP contribution in [0.5, 0.6) is 0 Å². The molecule has 0 saturated carbocycles. The van der Waals surface area contributed by atoms with Gasteiger partial charge in [-0.05, 0) is 32.7 Å². The molecule has 0 bridgehead atoms. The van der Waals surface area contributed by atoms with Gasteiger partial charge in [-0.15, -0.1) is 0 Å². The van der Waals surface area contributed by atoms with Crippen molar-refractivity contribution in [2.75, 3.05) is 20.8 Å². The van der Waals surface area contributed by atoms with E-state index in [9.17, 15) is 13.2 Å². The molecule has 0 spiro atoms. The van der Waals surface area contributed by atoms with Crippen molar-refractivity contribution in [3.63, 3.8) is 0 Å². The van der Waals surface area contributed by atoms with Gasteiger partial charge in [0.2, 0.25) is 0 Å². The molecule has 0 N–H and O–H groups in total. The molecule has 0 aromatic heterocycles. The van der Waals surface area contributed by atoms with Gasteiger partial charge in [0.1, 0.15) is 0 Å². The van der Waals surface area contributed by atoms with Crippen molar-refractivity contribution in [3.8, 4) is 0 Å². The van der Waals surface area contributed by atoms with Crippen LogP contribution in [-0.4, -0.2) is 51.8 Å². The van der Waals surface area contributed by atoms with Crippen LogP contribution in [0.25, 0.3) is 0 Å². The summed E-state index contributed by atoms with van der Waals surface area (Å²) in [5.41, 5.74) is -3.60. The molecule has 0 amide bonds. The summed E-state index contributed by atoms with van der Waals surface area (Å²) in [5, 5.41) is 0. The second-order valence-corrected chi connectivity index (χ2v) is 8.20. The summed E-state index contributed by atoms with van der Waals surface area (Å²) >= 11 is 0. The number of halogens is 3. The van der Waals surface area contributed by atoms with Gasteiger partial charge in [0.15, 0.2) is 6.17 Å². The van der Waals surface area contributed by atoms with E-state index < -0.39 is 20.4 Å². The van der Waals surface area contributed by atoms with Crippen LogP contribution in [0.1, 0.15) is 39.5 Å². The second kappa shape index (κ2) is 6.56. The minimum atomic E-state index is -4.09. The highest BCUT2D eigenvalue weighted by Gasteiger charge is 2.69. The van der Waals surface area contributed by atoms with Gasteiger partial charge in [-0.2, -0.15) is 8.78 Å². The first kappa shape index (κ1) is 16.9. The Hall–Kier alpha value is -0.113. The maximum atomic E-state index is 14.4. The molecule has 1 aliphatic heterocycles. The molecule has 0 aromatic carbocycles. The maximum absolute atomic E-state index is 14.4. The third kappa shape index (κ3) is 2.84. The molecule has 19 heavy (non-hydrogen) atoms. The molecule has 2 atom stereocenters. The second-order valence-electron chi connectivity index (χ2n) is 4.98. The Labute approximate surface area is 114 Å². The number of piperidine rings is 1. The number of nitrogens with zero attached hydrogens (tertiary/aromatic N) is 1. The molecule has 114 valence electrons.